The topological polar surface area (TPSA) is 15.3 Å². The molecule has 0 radical (unpaired) electrons. The fourth-order valence-corrected chi connectivity index (χ4v) is 3.03. The SMILES string of the molecule is CC(C)(C)NCC1CCCN(Cc2ccc(F)cc2Cl)C1. The van der Waals surface area contributed by atoms with Crippen LogP contribution in [0.5, 0.6) is 0 Å². The number of hydrogen-bond donors (Lipinski definition) is 1. The molecule has 0 aliphatic carbocycles. The summed E-state index contributed by atoms with van der Waals surface area (Å²) in [6, 6.07) is 4.69. The Bertz CT molecular complexity index is 470. The Morgan fingerprint density at radius 1 is 1.38 bits per heavy atom. The van der Waals surface area contributed by atoms with Gasteiger partial charge in [0.05, 0.1) is 0 Å². The van der Waals surface area contributed by atoms with Crippen molar-refractivity contribution in [3.8, 4) is 0 Å². The van der Waals surface area contributed by atoms with E-state index >= 15 is 0 Å². The zero-order valence-electron chi connectivity index (χ0n) is 13.3. The monoisotopic (exact) mass is 312 g/mol. The molecule has 1 aliphatic rings. The van der Waals surface area contributed by atoms with E-state index in [0.717, 1.165) is 31.7 Å². The average Bonchev–Trinajstić information content (AvgIpc) is 2.39. The van der Waals surface area contributed by atoms with Crippen LogP contribution < -0.4 is 5.32 Å². The van der Waals surface area contributed by atoms with Crippen molar-refractivity contribution in [3.63, 3.8) is 0 Å². The van der Waals surface area contributed by atoms with Crippen molar-refractivity contribution in [2.45, 2.75) is 45.7 Å². The van der Waals surface area contributed by atoms with Crippen LogP contribution in [0.3, 0.4) is 0 Å². The third-order valence-corrected chi connectivity index (χ3v) is 4.29. The molecule has 1 unspecified atom stereocenters. The molecular weight excluding hydrogens is 287 g/mol. The van der Waals surface area contributed by atoms with Gasteiger partial charge in [-0.15, -0.1) is 0 Å². The molecule has 0 saturated carbocycles. The Balaban J connectivity index is 1.89. The fraction of sp³-hybridized carbons (Fsp3) is 0.647. The van der Waals surface area contributed by atoms with Crippen molar-refractivity contribution in [1.82, 2.24) is 10.2 Å². The number of piperidine rings is 1. The maximum absolute atomic E-state index is 13.1. The lowest BCUT2D eigenvalue weighted by Crippen LogP contribution is -2.44. The molecular formula is C17H26ClFN2. The minimum absolute atomic E-state index is 0.169. The Labute approximate surface area is 132 Å². The van der Waals surface area contributed by atoms with Gasteiger partial charge in [0.15, 0.2) is 0 Å². The quantitative estimate of drug-likeness (QED) is 0.901. The van der Waals surface area contributed by atoms with E-state index in [0.29, 0.717) is 10.9 Å². The van der Waals surface area contributed by atoms with Crippen LogP contribution in [0.4, 0.5) is 4.39 Å². The van der Waals surface area contributed by atoms with Crippen LogP contribution in [0.1, 0.15) is 39.2 Å². The van der Waals surface area contributed by atoms with Crippen molar-refractivity contribution < 1.29 is 4.39 Å². The van der Waals surface area contributed by atoms with Crippen molar-refractivity contribution in [1.29, 1.82) is 0 Å². The Hall–Kier alpha value is -0.640. The third kappa shape index (κ3) is 5.57. The lowest BCUT2D eigenvalue weighted by atomic mass is 9.96. The largest absolute Gasteiger partial charge is 0.312 e. The predicted octanol–water partition coefficient (Wildman–Crippen LogP) is 4.08. The molecule has 1 N–H and O–H groups in total. The minimum atomic E-state index is -0.269. The molecule has 1 aromatic carbocycles. The van der Waals surface area contributed by atoms with E-state index in [1.165, 1.54) is 25.0 Å². The molecule has 1 atom stereocenters. The number of benzene rings is 1. The number of hydrogen-bond acceptors (Lipinski definition) is 2. The summed E-state index contributed by atoms with van der Waals surface area (Å²) in [5.41, 5.74) is 1.19. The number of rotatable bonds is 4. The van der Waals surface area contributed by atoms with E-state index in [1.54, 1.807) is 6.07 Å². The van der Waals surface area contributed by atoms with Gasteiger partial charge in [-0.1, -0.05) is 17.7 Å². The second kappa shape index (κ2) is 7.08. The van der Waals surface area contributed by atoms with E-state index in [-0.39, 0.29) is 11.4 Å². The normalized spacial score (nSPS) is 20.7. The molecule has 1 saturated heterocycles. The van der Waals surface area contributed by atoms with Crippen LogP contribution in [0.2, 0.25) is 5.02 Å². The smallest absolute Gasteiger partial charge is 0.124 e. The summed E-state index contributed by atoms with van der Waals surface area (Å²) in [6.45, 7) is 10.6. The highest BCUT2D eigenvalue weighted by Crippen LogP contribution is 2.23. The van der Waals surface area contributed by atoms with Crippen molar-refractivity contribution in [2.24, 2.45) is 5.92 Å². The first kappa shape index (κ1) is 16.7. The lowest BCUT2D eigenvalue weighted by Gasteiger charge is -2.34. The number of nitrogens with one attached hydrogen (secondary N) is 1. The van der Waals surface area contributed by atoms with Crippen LogP contribution in [0.15, 0.2) is 18.2 Å². The van der Waals surface area contributed by atoms with E-state index in [4.69, 9.17) is 11.6 Å². The minimum Gasteiger partial charge on any atom is -0.312 e. The van der Waals surface area contributed by atoms with E-state index in [1.807, 2.05) is 0 Å². The molecule has 1 aromatic rings. The fourth-order valence-electron chi connectivity index (χ4n) is 2.80. The second-order valence-electron chi connectivity index (χ2n) is 7.11. The zero-order chi connectivity index (χ0) is 15.5. The molecule has 0 amide bonds. The van der Waals surface area contributed by atoms with E-state index < -0.39 is 0 Å². The maximum Gasteiger partial charge on any atom is 0.124 e. The highest BCUT2D eigenvalue weighted by molar-refractivity contribution is 6.31. The third-order valence-electron chi connectivity index (χ3n) is 3.93. The molecule has 1 heterocycles. The molecule has 2 rings (SSSR count). The molecule has 0 spiro atoms. The van der Waals surface area contributed by atoms with Gasteiger partial charge >= 0.3 is 0 Å². The standard InChI is InChI=1S/C17H26ClFN2/c1-17(2,3)20-10-13-5-4-8-21(11-13)12-14-6-7-15(19)9-16(14)18/h6-7,9,13,20H,4-5,8,10-12H2,1-3H3. The van der Waals surface area contributed by atoms with Crippen molar-refractivity contribution in [3.05, 3.63) is 34.6 Å². The predicted molar refractivity (Wildman–Crippen MR) is 87.2 cm³/mol. The lowest BCUT2D eigenvalue weighted by molar-refractivity contribution is 0.160. The summed E-state index contributed by atoms with van der Waals surface area (Å²) in [6.07, 6.45) is 2.49. The average molecular weight is 313 g/mol. The van der Waals surface area contributed by atoms with Gasteiger partial charge in [-0.25, -0.2) is 4.39 Å². The summed E-state index contributed by atoms with van der Waals surface area (Å²) >= 11 is 6.13. The molecule has 0 aromatic heterocycles. The highest BCUT2D eigenvalue weighted by atomic mass is 35.5. The van der Waals surface area contributed by atoms with Gasteiger partial charge in [-0.3, -0.25) is 4.90 Å². The van der Waals surface area contributed by atoms with Crippen LogP contribution in [-0.2, 0) is 6.54 Å². The van der Waals surface area contributed by atoms with Gasteiger partial charge < -0.3 is 5.32 Å². The summed E-state index contributed by atoms with van der Waals surface area (Å²) in [5, 5.41) is 4.12. The number of halogens is 2. The van der Waals surface area contributed by atoms with Crippen molar-refractivity contribution >= 4 is 11.6 Å². The van der Waals surface area contributed by atoms with E-state index in [2.05, 4.69) is 31.0 Å². The molecule has 1 fully saturated rings. The summed E-state index contributed by atoms with van der Waals surface area (Å²) < 4.78 is 13.1. The Morgan fingerprint density at radius 2 is 2.14 bits per heavy atom. The zero-order valence-corrected chi connectivity index (χ0v) is 14.0. The molecule has 4 heteroatoms. The van der Waals surface area contributed by atoms with Crippen LogP contribution in [0.25, 0.3) is 0 Å². The maximum atomic E-state index is 13.1. The van der Waals surface area contributed by atoms with E-state index in [9.17, 15) is 4.39 Å². The molecule has 0 bridgehead atoms. The summed E-state index contributed by atoms with van der Waals surface area (Å²) in [4.78, 5) is 2.43. The Kier molecular flexibility index (Phi) is 5.64. The number of nitrogens with zero attached hydrogens (tertiary/aromatic N) is 1. The van der Waals surface area contributed by atoms with Crippen LogP contribution >= 0.6 is 11.6 Å². The van der Waals surface area contributed by atoms with Gasteiger partial charge in [-0.2, -0.15) is 0 Å². The first-order valence-electron chi connectivity index (χ1n) is 7.75. The number of likely N-dealkylation sites (tertiary alicyclic amines) is 1. The van der Waals surface area contributed by atoms with Gasteiger partial charge in [0, 0.05) is 23.7 Å². The van der Waals surface area contributed by atoms with Crippen LogP contribution in [-0.4, -0.2) is 30.1 Å². The Morgan fingerprint density at radius 3 is 2.81 bits per heavy atom. The summed E-state index contributed by atoms with van der Waals surface area (Å²) in [7, 11) is 0. The van der Waals surface area contributed by atoms with Crippen LogP contribution in [0, 0.1) is 11.7 Å². The highest BCUT2D eigenvalue weighted by Gasteiger charge is 2.22. The second-order valence-corrected chi connectivity index (χ2v) is 7.52. The molecule has 1 aliphatic heterocycles. The van der Waals surface area contributed by atoms with Gasteiger partial charge in [0.1, 0.15) is 5.82 Å². The van der Waals surface area contributed by atoms with Gasteiger partial charge in [-0.05, 0) is 70.3 Å². The first-order valence-corrected chi connectivity index (χ1v) is 8.12. The van der Waals surface area contributed by atoms with Gasteiger partial charge in [0.25, 0.3) is 0 Å². The molecule has 2 nitrogen and oxygen atoms in total. The molecule has 21 heavy (non-hydrogen) atoms. The molecule has 118 valence electrons. The van der Waals surface area contributed by atoms with Crippen molar-refractivity contribution in [2.75, 3.05) is 19.6 Å². The first-order chi connectivity index (χ1) is 9.83. The van der Waals surface area contributed by atoms with Gasteiger partial charge in [0.2, 0.25) is 0 Å². The summed E-state index contributed by atoms with van der Waals surface area (Å²) in [5.74, 6) is 0.409.